The molecule has 0 aliphatic carbocycles. The Labute approximate surface area is 271 Å². The second kappa shape index (κ2) is 15.7. The van der Waals surface area contributed by atoms with E-state index in [1.807, 2.05) is 57.2 Å². The van der Waals surface area contributed by atoms with Crippen LogP contribution in [0.15, 0.2) is 104 Å². The summed E-state index contributed by atoms with van der Waals surface area (Å²) in [5.74, 6) is -0.0295. The SMILES string of the molecule is CC(C)(C)c1ccc(NC(=O)c2cccnc2NCc2ccccn2)cc1[N+](=O)[O-].NC(=O)c1cccnc1NCc1ccccn1. The summed E-state index contributed by atoms with van der Waals surface area (Å²) in [5.41, 5.74) is 8.16. The standard InChI is InChI=1S/C22H23N5O3.C12H12N4O/c1-22(2,3)18-10-9-15(13-19(18)27(29)30)26-21(28)17-8-6-12-24-20(17)25-14-16-7-4-5-11-23-16;13-11(17)10-5-3-7-15-12(10)16-8-9-4-1-2-6-14-9/h4-13H,14H2,1-3H3,(H,24,25)(H,26,28);1-7H,8H2,(H2,13,17)(H,15,16). The molecule has 0 bridgehead atoms. The Morgan fingerprint density at radius 1 is 0.745 bits per heavy atom. The largest absolute Gasteiger partial charge is 0.365 e. The normalized spacial score (nSPS) is 10.6. The molecule has 0 radical (unpaired) electrons. The van der Waals surface area contributed by atoms with Gasteiger partial charge in [0.1, 0.15) is 11.6 Å². The average molecular weight is 634 g/mol. The lowest BCUT2D eigenvalue weighted by Gasteiger charge is -2.19. The van der Waals surface area contributed by atoms with Gasteiger partial charge in [0.05, 0.1) is 40.5 Å². The predicted molar refractivity (Wildman–Crippen MR) is 180 cm³/mol. The van der Waals surface area contributed by atoms with Gasteiger partial charge in [-0.25, -0.2) is 9.97 Å². The van der Waals surface area contributed by atoms with Gasteiger partial charge in [0, 0.05) is 42.1 Å². The first-order chi connectivity index (χ1) is 22.5. The van der Waals surface area contributed by atoms with Crippen LogP contribution in [0.1, 0.15) is 58.4 Å². The average Bonchev–Trinajstić information content (AvgIpc) is 3.07. The first kappa shape index (κ1) is 33.6. The molecule has 13 heteroatoms. The van der Waals surface area contributed by atoms with Gasteiger partial charge in [-0.3, -0.25) is 29.7 Å². The molecule has 0 unspecified atom stereocenters. The number of nitrogens with zero attached hydrogens (tertiary/aromatic N) is 5. The number of aromatic nitrogens is 4. The van der Waals surface area contributed by atoms with Crippen LogP contribution in [-0.2, 0) is 18.5 Å². The van der Waals surface area contributed by atoms with Crippen molar-refractivity contribution in [2.45, 2.75) is 39.3 Å². The van der Waals surface area contributed by atoms with Crippen molar-refractivity contribution in [3.8, 4) is 0 Å². The van der Waals surface area contributed by atoms with Crippen LogP contribution in [0.3, 0.4) is 0 Å². The third-order valence-corrected chi connectivity index (χ3v) is 6.71. The van der Waals surface area contributed by atoms with E-state index in [-0.39, 0.29) is 5.69 Å². The number of amides is 2. The summed E-state index contributed by atoms with van der Waals surface area (Å²) in [6.07, 6.45) is 6.59. The highest BCUT2D eigenvalue weighted by atomic mass is 16.6. The fourth-order valence-electron chi connectivity index (χ4n) is 4.42. The zero-order valence-corrected chi connectivity index (χ0v) is 26.2. The van der Waals surface area contributed by atoms with Crippen LogP contribution >= 0.6 is 0 Å². The Balaban J connectivity index is 0.000000248. The van der Waals surface area contributed by atoms with Crippen molar-refractivity contribution in [3.05, 3.63) is 142 Å². The number of hydrogen-bond acceptors (Lipinski definition) is 10. The molecular weight excluding hydrogens is 598 g/mol. The Morgan fingerprint density at radius 3 is 1.77 bits per heavy atom. The minimum Gasteiger partial charge on any atom is -0.365 e. The first-order valence-electron chi connectivity index (χ1n) is 14.6. The molecule has 0 aliphatic rings. The van der Waals surface area contributed by atoms with Crippen LogP contribution < -0.4 is 21.7 Å². The molecule has 0 atom stereocenters. The highest BCUT2D eigenvalue weighted by Gasteiger charge is 2.25. The smallest absolute Gasteiger partial charge is 0.275 e. The van der Waals surface area contributed by atoms with E-state index in [9.17, 15) is 19.7 Å². The summed E-state index contributed by atoms with van der Waals surface area (Å²) in [6, 6.07) is 22.5. The van der Waals surface area contributed by atoms with Gasteiger partial charge in [-0.1, -0.05) is 32.9 Å². The van der Waals surface area contributed by atoms with E-state index in [1.165, 1.54) is 6.07 Å². The van der Waals surface area contributed by atoms with Gasteiger partial charge < -0.3 is 21.7 Å². The van der Waals surface area contributed by atoms with Crippen molar-refractivity contribution in [2.75, 3.05) is 16.0 Å². The molecule has 4 aromatic heterocycles. The minimum absolute atomic E-state index is 0.0278. The molecule has 0 saturated carbocycles. The molecule has 2 amide bonds. The molecular formula is C34H35N9O4. The van der Waals surface area contributed by atoms with Crippen LogP contribution in [-0.4, -0.2) is 36.7 Å². The number of anilines is 3. The number of nitrogens with two attached hydrogens (primary N) is 1. The molecule has 13 nitrogen and oxygen atoms in total. The molecule has 0 fully saturated rings. The van der Waals surface area contributed by atoms with Crippen LogP contribution in [0.2, 0.25) is 0 Å². The zero-order chi connectivity index (χ0) is 33.8. The molecule has 0 saturated heterocycles. The number of nitro groups is 1. The lowest BCUT2D eigenvalue weighted by Crippen LogP contribution is -2.17. The molecule has 4 heterocycles. The number of pyridine rings is 4. The zero-order valence-electron chi connectivity index (χ0n) is 26.2. The van der Waals surface area contributed by atoms with E-state index in [4.69, 9.17) is 5.73 Å². The first-order valence-corrected chi connectivity index (χ1v) is 14.6. The maximum absolute atomic E-state index is 12.8. The third kappa shape index (κ3) is 9.62. The van der Waals surface area contributed by atoms with Gasteiger partial charge >= 0.3 is 0 Å². The van der Waals surface area contributed by atoms with E-state index in [2.05, 4.69) is 35.9 Å². The number of nitrogens with one attached hydrogen (secondary N) is 3. The van der Waals surface area contributed by atoms with Crippen molar-refractivity contribution in [1.29, 1.82) is 0 Å². The van der Waals surface area contributed by atoms with Crippen LogP contribution in [0.4, 0.5) is 23.0 Å². The molecule has 5 rings (SSSR count). The third-order valence-electron chi connectivity index (χ3n) is 6.71. The number of primary amides is 1. The monoisotopic (exact) mass is 633 g/mol. The lowest BCUT2D eigenvalue weighted by atomic mass is 9.85. The Kier molecular flexibility index (Phi) is 11.2. The van der Waals surface area contributed by atoms with Crippen LogP contribution in [0.5, 0.6) is 0 Å². The molecule has 0 aliphatic heterocycles. The summed E-state index contributed by atoms with van der Waals surface area (Å²) in [7, 11) is 0. The van der Waals surface area contributed by atoms with Crippen molar-refractivity contribution in [1.82, 2.24) is 19.9 Å². The van der Waals surface area contributed by atoms with Gasteiger partial charge in [-0.05, 0) is 66.1 Å². The van der Waals surface area contributed by atoms with Gasteiger partial charge in [0.25, 0.3) is 17.5 Å². The number of nitro benzene ring substituents is 1. The summed E-state index contributed by atoms with van der Waals surface area (Å²) >= 11 is 0. The van der Waals surface area contributed by atoms with Crippen molar-refractivity contribution < 1.29 is 14.5 Å². The van der Waals surface area contributed by atoms with Crippen LogP contribution in [0.25, 0.3) is 0 Å². The fourth-order valence-corrected chi connectivity index (χ4v) is 4.42. The second-order valence-corrected chi connectivity index (χ2v) is 11.2. The lowest BCUT2D eigenvalue weighted by molar-refractivity contribution is -0.385. The van der Waals surface area contributed by atoms with Crippen molar-refractivity contribution >= 4 is 34.8 Å². The summed E-state index contributed by atoms with van der Waals surface area (Å²) in [6.45, 7) is 6.62. The van der Waals surface area contributed by atoms with Crippen molar-refractivity contribution in [3.63, 3.8) is 0 Å². The minimum atomic E-state index is -0.498. The summed E-state index contributed by atoms with van der Waals surface area (Å²) < 4.78 is 0. The highest BCUT2D eigenvalue weighted by Crippen LogP contribution is 2.33. The van der Waals surface area contributed by atoms with Gasteiger partial charge in [-0.2, -0.15) is 0 Å². The molecule has 5 aromatic rings. The molecule has 240 valence electrons. The Bertz CT molecular complexity index is 1830. The van der Waals surface area contributed by atoms with E-state index in [0.29, 0.717) is 47.1 Å². The summed E-state index contributed by atoms with van der Waals surface area (Å²) in [4.78, 5) is 51.8. The number of rotatable bonds is 10. The maximum Gasteiger partial charge on any atom is 0.275 e. The second-order valence-electron chi connectivity index (χ2n) is 11.2. The Morgan fingerprint density at radius 2 is 1.28 bits per heavy atom. The number of benzene rings is 1. The molecule has 5 N–H and O–H groups in total. The molecule has 47 heavy (non-hydrogen) atoms. The van der Waals surface area contributed by atoms with Crippen molar-refractivity contribution in [2.24, 2.45) is 5.73 Å². The topological polar surface area (TPSA) is 191 Å². The molecule has 0 spiro atoms. The summed E-state index contributed by atoms with van der Waals surface area (Å²) in [5, 5.41) is 20.4. The number of carbonyl (C=O) groups is 2. The van der Waals surface area contributed by atoms with E-state index in [1.54, 1.807) is 61.2 Å². The van der Waals surface area contributed by atoms with E-state index < -0.39 is 22.2 Å². The maximum atomic E-state index is 12.8. The van der Waals surface area contributed by atoms with Gasteiger partial charge in [0.15, 0.2) is 0 Å². The van der Waals surface area contributed by atoms with E-state index >= 15 is 0 Å². The molecule has 1 aromatic carbocycles. The fraction of sp³-hybridized carbons (Fsp3) is 0.176. The van der Waals surface area contributed by atoms with Gasteiger partial charge in [0.2, 0.25) is 0 Å². The quantitative estimate of drug-likeness (QED) is 0.109. The predicted octanol–water partition coefficient (Wildman–Crippen LogP) is 5.73. The van der Waals surface area contributed by atoms with Gasteiger partial charge in [-0.15, -0.1) is 0 Å². The highest BCUT2D eigenvalue weighted by molar-refractivity contribution is 6.07. The Hall–Kier alpha value is -6.24. The number of carbonyl (C=O) groups excluding carboxylic acids is 2. The van der Waals surface area contributed by atoms with Crippen LogP contribution in [0, 0.1) is 10.1 Å². The number of hydrogen-bond donors (Lipinski definition) is 4. The van der Waals surface area contributed by atoms with E-state index in [0.717, 1.165) is 11.4 Å².